The molecule has 2 rings (SSSR count). The minimum atomic E-state index is -3.77. The van der Waals surface area contributed by atoms with Crippen molar-refractivity contribution < 1.29 is 37.0 Å². The topological polar surface area (TPSA) is 105 Å². The summed E-state index contributed by atoms with van der Waals surface area (Å²) in [5.74, 6) is 0.625. The molecule has 0 saturated heterocycles. The van der Waals surface area contributed by atoms with Gasteiger partial charge in [0.2, 0.25) is 9.84 Å². The summed E-state index contributed by atoms with van der Waals surface area (Å²) in [6.07, 6.45) is 1.55. The predicted molar refractivity (Wildman–Crippen MR) is 130 cm³/mol. The van der Waals surface area contributed by atoms with Gasteiger partial charge >= 0.3 is 11.9 Å². The molecule has 0 aromatic heterocycles. The predicted octanol–water partition coefficient (Wildman–Crippen LogP) is 4.46. The van der Waals surface area contributed by atoms with Gasteiger partial charge in [-0.2, -0.15) is 0 Å². The molecule has 0 fully saturated rings. The van der Waals surface area contributed by atoms with Crippen LogP contribution in [0.25, 0.3) is 0 Å². The summed E-state index contributed by atoms with van der Waals surface area (Å²) in [5, 5.41) is 0. The highest BCUT2D eigenvalue weighted by Gasteiger charge is 2.18. The van der Waals surface area contributed by atoms with Gasteiger partial charge < -0.3 is 18.9 Å². The number of hydrogen-bond acceptors (Lipinski definition) is 8. The van der Waals surface area contributed by atoms with Gasteiger partial charge in [-0.15, -0.1) is 0 Å². The smallest absolute Gasteiger partial charge is 0.344 e. The fourth-order valence-electron chi connectivity index (χ4n) is 2.75. The Bertz CT molecular complexity index is 962. The summed E-state index contributed by atoms with van der Waals surface area (Å²) in [6.45, 7) is 8.32. The third-order valence-electron chi connectivity index (χ3n) is 4.90. The van der Waals surface area contributed by atoms with Crippen molar-refractivity contribution in [2.45, 2.75) is 50.3 Å². The van der Waals surface area contributed by atoms with E-state index in [1.165, 1.54) is 48.5 Å². The summed E-state index contributed by atoms with van der Waals surface area (Å²) in [5.41, 5.74) is 0. The number of rotatable bonds is 14. The Balaban J connectivity index is 1.87. The van der Waals surface area contributed by atoms with Crippen LogP contribution in [0.5, 0.6) is 11.5 Å². The van der Waals surface area contributed by atoms with E-state index < -0.39 is 21.8 Å². The maximum atomic E-state index is 12.9. The van der Waals surface area contributed by atoms with Gasteiger partial charge in [0, 0.05) is 0 Å². The van der Waals surface area contributed by atoms with Gasteiger partial charge in [0.25, 0.3) is 0 Å². The van der Waals surface area contributed by atoms with Crippen LogP contribution < -0.4 is 9.47 Å². The van der Waals surface area contributed by atoms with Gasteiger partial charge in [-0.1, -0.05) is 27.7 Å². The molecule has 2 aromatic carbocycles. The molecular weight excluding hydrogens is 472 g/mol. The van der Waals surface area contributed by atoms with Crippen molar-refractivity contribution in [1.82, 2.24) is 0 Å². The van der Waals surface area contributed by atoms with Crippen LogP contribution in [-0.4, -0.2) is 46.8 Å². The molecule has 9 heteroatoms. The lowest BCUT2D eigenvalue weighted by Crippen LogP contribution is -2.16. The minimum absolute atomic E-state index is 0.0757. The van der Waals surface area contributed by atoms with Gasteiger partial charge in [0.1, 0.15) is 11.5 Å². The summed E-state index contributed by atoms with van der Waals surface area (Å²) in [7, 11) is -3.77. The number of esters is 2. The van der Waals surface area contributed by atoms with Crippen LogP contribution >= 0.6 is 0 Å². The second-order valence-corrected chi connectivity index (χ2v) is 10.8. The molecule has 0 saturated carbocycles. The molecular formula is C26H34O8S. The molecule has 192 valence electrons. The minimum Gasteiger partial charge on any atom is -0.482 e. The summed E-state index contributed by atoms with van der Waals surface area (Å²) in [6, 6.07) is 11.6. The molecule has 0 unspecified atom stereocenters. The number of ether oxygens (including phenoxy) is 4. The number of hydrogen-bond donors (Lipinski definition) is 0. The Labute approximate surface area is 207 Å². The number of carbonyl (C=O) groups is 2. The van der Waals surface area contributed by atoms with Crippen molar-refractivity contribution in [1.29, 1.82) is 0 Å². The average Bonchev–Trinajstić information content (AvgIpc) is 2.81. The van der Waals surface area contributed by atoms with E-state index in [1.54, 1.807) is 0 Å². The van der Waals surface area contributed by atoms with Crippen LogP contribution in [0.2, 0.25) is 0 Å². The van der Waals surface area contributed by atoms with Gasteiger partial charge in [-0.3, -0.25) is 0 Å². The fraction of sp³-hybridized carbons (Fsp3) is 0.462. The lowest BCUT2D eigenvalue weighted by atomic mass is 10.1. The Kier molecular flexibility index (Phi) is 11.0. The Morgan fingerprint density at radius 3 is 1.31 bits per heavy atom. The van der Waals surface area contributed by atoms with E-state index in [4.69, 9.17) is 18.9 Å². The maximum absolute atomic E-state index is 12.9. The van der Waals surface area contributed by atoms with E-state index in [1.807, 2.05) is 27.7 Å². The second-order valence-electron chi connectivity index (χ2n) is 8.83. The second kappa shape index (κ2) is 13.7. The molecule has 0 bridgehead atoms. The zero-order valence-corrected chi connectivity index (χ0v) is 21.5. The van der Waals surface area contributed by atoms with Crippen LogP contribution in [-0.2, 0) is 28.9 Å². The zero-order valence-electron chi connectivity index (χ0n) is 20.7. The van der Waals surface area contributed by atoms with Crippen molar-refractivity contribution >= 4 is 21.8 Å². The average molecular weight is 507 g/mol. The molecule has 0 N–H and O–H groups in total. The first-order valence-corrected chi connectivity index (χ1v) is 13.1. The first-order valence-electron chi connectivity index (χ1n) is 11.6. The Morgan fingerprint density at radius 1 is 0.657 bits per heavy atom. The molecule has 0 atom stereocenters. The lowest BCUT2D eigenvalue weighted by molar-refractivity contribution is -0.147. The normalized spacial score (nSPS) is 11.4. The molecule has 0 aliphatic carbocycles. The van der Waals surface area contributed by atoms with Crippen molar-refractivity contribution in [3.8, 4) is 11.5 Å². The summed E-state index contributed by atoms with van der Waals surface area (Å²) < 4.78 is 46.7. The molecule has 8 nitrogen and oxygen atoms in total. The summed E-state index contributed by atoms with van der Waals surface area (Å²) in [4.78, 5) is 23.6. The van der Waals surface area contributed by atoms with Gasteiger partial charge in [0.15, 0.2) is 13.2 Å². The van der Waals surface area contributed by atoms with Crippen LogP contribution in [0.15, 0.2) is 58.3 Å². The van der Waals surface area contributed by atoms with Crippen molar-refractivity contribution in [2.75, 3.05) is 26.4 Å². The quantitative estimate of drug-likeness (QED) is 0.346. The third-order valence-corrected chi connectivity index (χ3v) is 6.68. The van der Waals surface area contributed by atoms with E-state index in [-0.39, 0.29) is 23.0 Å². The first kappa shape index (κ1) is 28.2. The third kappa shape index (κ3) is 9.98. The molecule has 0 radical (unpaired) electrons. The molecule has 0 spiro atoms. The van der Waals surface area contributed by atoms with E-state index in [9.17, 15) is 18.0 Å². The fourth-order valence-corrected chi connectivity index (χ4v) is 4.01. The summed E-state index contributed by atoms with van der Waals surface area (Å²) >= 11 is 0. The number of carbonyl (C=O) groups excluding carboxylic acids is 2. The highest BCUT2D eigenvalue weighted by Crippen LogP contribution is 2.25. The molecule has 0 amide bonds. The van der Waals surface area contributed by atoms with E-state index in [0.29, 0.717) is 36.5 Å². The van der Waals surface area contributed by atoms with Crippen LogP contribution in [0.3, 0.4) is 0 Å². The van der Waals surface area contributed by atoms with Gasteiger partial charge in [0.05, 0.1) is 23.0 Å². The van der Waals surface area contributed by atoms with E-state index >= 15 is 0 Å². The van der Waals surface area contributed by atoms with Gasteiger partial charge in [-0.05, 0) is 73.2 Å². The molecule has 35 heavy (non-hydrogen) atoms. The van der Waals surface area contributed by atoms with Crippen molar-refractivity contribution in [3.05, 3.63) is 48.5 Å². The highest BCUT2D eigenvalue weighted by molar-refractivity contribution is 7.91. The highest BCUT2D eigenvalue weighted by atomic mass is 32.2. The van der Waals surface area contributed by atoms with Crippen LogP contribution in [0.1, 0.15) is 40.5 Å². The molecule has 2 aromatic rings. The maximum Gasteiger partial charge on any atom is 0.344 e. The Morgan fingerprint density at radius 2 is 1.00 bits per heavy atom. The first-order chi connectivity index (χ1) is 16.6. The van der Waals surface area contributed by atoms with E-state index in [0.717, 1.165) is 12.8 Å². The van der Waals surface area contributed by atoms with Gasteiger partial charge in [-0.25, -0.2) is 18.0 Å². The SMILES string of the molecule is CC(C)CCOC(=O)COc1ccc(S(=O)(=O)c2ccc(OCC(=O)OCCC(C)C)cc2)cc1. The van der Waals surface area contributed by atoms with Crippen LogP contribution in [0, 0.1) is 11.8 Å². The number of sulfone groups is 1. The molecule has 0 heterocycles. The van der Waals surface area contributed by atoms with Crippen molar-refractivity contribution in [3.63, 3.8) is 0 Å². The standard InChI is InChI=1S/C26H34O8S/c1-19(2)13-15-31-25(27)17-33-21-5-9-23(10-6-21)35(29,30)24-11-7-22(8-12-24)34-18-26(28)32-16-14-20(3)4/h5-12,19-20H,13-18H2,1-4H3. The Hall–Kier alpha value is -3.07. The molecule has 0 aliphatic heterocycles. The lowest BCUT2D eigenvalue weighted by Gasteiger charge is -2.10. The zero-order chi connectivity index (χ0) is 25.8. The van der Waals surface area contributed by atoms with Crippen molar-refractivity contribution in [2.24, 2.45) is 11.8 Å². The number of benzene rings is 2. The molecule has 0 aliphatic rings. The van der Waals surface area contributed by atoms with E-state index in [2.05, 4.69) is 0 Å². The monoisotopic (exact) mass is 506 g/mol. The van der Waals surface area contributed by atoms with Crippen LogP contribution in [0.4, 0.5) is 0 Å². The largest absolute Gasteiger partial charge is 0.482 e.